The van der Waals surface area contributed by atoms with E-state index in [1.165, 1.54) is 5.71 Å². The maximum atomic E-state index is 4.57. The highest BCUT2D eigenvalue weighted by molar-refractivity contribution is 6.00. The van der Waals surface area contributed by atoms with Gasteiger partial charge in [0.1, 0.15) is 0 Å². The molecule has 0 saturated carbocycles. The van der Waals surface area contributed by atoms with Crippen LogP contribution < -0.4 is 0 Å². The van der Waals surface area contributed by atoms with Crippen molar-refractivity contribution in [1.82, 2.24) is 5.01 Å². The highest BCUT2D eigenvalue weighted by atomic mass is 15.5. The van der Waals surface area contributed by atoms with Crippen LogP contribution in [0.1, 0.15) is 20.8 Å². The molecular formula is C12H18N2. The number of fused-ring (bicyclic) bond motifs is 1. The monoisotopic (exact) mass is 190 g/mol. The molecule has 2 rings (SSSR count). The van der Waals surface area contributed by atoms with Crippen LogP contribution in [-0.2, 0) is 0 Å². The van der Waals surface area contributed by atoms with E-state index in [9.17, 15) is 0 Å². The number of nitrogens with zero attached hydrogens (tertiary/aromatic N) is 2. The molecule has 0 fully saturated rings. The lowest BCUT2D eigenvalue weighted by Crippen LogP contribution is -2.41. The first-order valence-electron chi connectivity index (χ1n) is 5.16. The molecule has 1 aliphatic carbocycles. The Morgan fingerprint density at radius 3 is 2.64 bits per heavy atom. The summed E-state index contributed by atoms with van der Waals surface area (Å²) in [4.78, 5) is 0. The summed E-state index contributed by atoms with van der Waals surface area (Å²) < 4.78 is 0. The van der Waals surface area contributed by atoms with Gasteiger partial charge in [-0.15, -0.1) is 0 Å². The van der Waals surface area contributed by atoms with Crippen LogP contribution in [0.25, 0.3) is 0 Å². The van der Waals surface area contributed by atoms with Gasteiger partial charge in [0.2, 0.25) is 0 Å². The summed E-state index contributed by atoms with van der Waals surface area (Å²) in [5.41, 5.74) is 1.47. The highest BCUT2D eigenvalue weighted by Crippen LogP contribution is 2.36. The van der Waals surface area contributed by atoms with Gasteiger partial charge in [-0.05, 0) is 11.5 Å². The second-order valence-corrected chi connectivity index (χ2v) is 5.18. The van der Waals surface area contributed by atoms with Crippen LogP contribution in [0.4, 0.5) is 0 Å². The lowest BCUT2D eigenvalue weighted by Gasteiger charge is -2.35. The average Bonchev–Trinajstić information content (AvgIpc) is 2.38. The quantitative estimate of drug-likeness (QED) is 0.573. The first kappa shape index (κ1) is 9.50. The van der Waals surface area contributed by atoms with Crippen molar-refractivity contribution >= 4 is 5.71 Å². The first-order valence-corrected chi connectivity index (χ1v) is 5.16. The molecule has 0 aromatic carbocycles. The van der Waals surface area contributed by atoms with E-state index in [2.05, 4.69) is 62.2 Å². The minimum Gasteiger partial charge on any atom is -0.295 e. The number of hydrogen-bond donors (Lipinski definition) is 0. The van der Waals surface area contributed by atoms with Gasteiger partial charge in [-0.3, -0.25) is 5.01 Å². The van der Waals surface area contributed by atoms with Gasteiger partial charge in [0.05, 0.1) is 11.8 Å². The summed E-state index contributed by atoms with van der Waals surface area (Å²) >= 11 is 0. The number of hydrazone groups is 1. The summed E-state index contributed by atoms with van der Waals surface area (Å²) in [6.07, 6.45) is 8.57. The average molecular weight is 190 g/mol. The Labute approximate surface area is 86.0 Å². The van der Waals surface area contributed by atoms with E-state index in [4.69, 9.17) is 0 Å². The Bertz CT molecular complexity index is 318. The molecule has 0 aromatic rings. The van der Waals surface area contributed by atoms with Crippen molar-refractivity contribution in [3.05, 3.63) is 24.3 Å². The van der Waals surface area contributed by atoms with Gasteiger partial charge in [0.15, 0.2) is 0 Å². The van der Waals surface area contributed by atoms with Gasteiger partial charge in [0, 0.05) is 13.0 Å². The molecule has 0 saturated heterocycles. The van der Waals surface area contributed by atoms with E-state index in [0.29, 0.717) is 12.0 Å². The second kappa shape index (κ2) is 2.97. The SMILES string of the molecule is CN1N=C2C=CC=CC2C1C(C)(C)C. The molecule has 2 atom stereocenters. The third-order valence-electron chi connectivity index (χ3n) is 2.94. The molecule has 0 spiro atoms. The van der Waals surface area contributed by atoms with E-state index >= 15 is 0 Å². The van der Waals surface area contributed by atoms with Crippen molar-refractivity contribution < 1.29 is 0 Å². The standard InChI is InChI=1S/C12H18N2/c1-12(2,3)11-9-7-5-6-8-10(9)13-14(11)4/h5-9,11H,1-4H3. The molecule has 2 nitrogen and oxygen atoms in total. The van der Waals surface area contributed by atoms with E-state index in [1.54, 1.807) is 0 Å². The van der Waals surface area contributed by atoms with Crippen LogP contribution in [0.15, 0.2) is 29.4 Å². The van der Waals surface area contributed by atoms with Crippen molar-refractivity contribution in [2.75, 3.05) is 7.05 Å². The van der Waals surface area contributed by atoms with Crippen molar-refractivity contribution in [3.63, 3.8) is 0 Å². The number of allylic oxidation sites excluding steroid dienone is 3. The maximum Gasteiger partial charge on any atom is 0.0695 e. The highest BCUT2D eigenvalue weighted by Gasteiger charge is 2.40. The largest absolute Gasteiger partial charge is 0.295 e. The molecular weight excluding hydrogens is 172 g/mol. The Morgan fingerprint density at radius 2 is 2.00 bits per heavy atom. The first-order chi connectivity index (χ1) is 6.50. The minimum absolute atomic E-state index is 0.264. The van der Waals surface area contributed by atoms with Crippen molar-refractivity contribution in [2.24, 2.45) is 16.4 Å². The molecule has 0 radical (unpaired) electrons. The maximum absolute atomic E-state index is 4.57. The van der Waals surface area contributed by atoms with Gasteiger partial charge >= 0.3 is 0 Å². The predicted molar refractivity (Wildman–Crippen MR) is 60.2 cm³/mol. The second-order valence-electron chi connectivity index (χ2n) is 5.18. The normalized spacial score (nSPS) is 30.6. The number of rotatable bonds is 0. The fourth-order valence-corrected chi connectivity index (χ4v) is 2.49. The van der Waals surface area contributed by atoms with Crippen molar-refractivity contribution in [3.8, 4) is 0 Å². The summed E-state index contributed by atoms with van der Waals surface area (Å²) in [6.45, 7) is 6.83. The van der Waals surface area contributed by atoms with Gasteiger partial charge in [-0.1, -0.05) is 39.0 Å². The summed E-state index contributed by atoms with van der Waals surface area (Å²) in [5, 5.41) is 6.68. The van der Waals surface area contributed by atoms with Crippen molar-refractivity contribution in [1.29, 1.82) is 0 Å². The molecule has 0 aromatic heterocycles. The third-order valence-corrected chi connectivity index (χ3v) is 2.94. The topological polar surface area (TPSA) is 15.6 Å². The predicted octanol–water partition coefficient (Wildman–Crippen LogP) is 2.44. The lowest BCUT2D eigenvalue weighted by atomic mass is 9.76. The molecule has 2 aliphatic rings. The number of hydrogen-bond acceptors (Lipinski definition) is 2. The molecule has 2 heteroatoms. The molecule has 0 N–H and O–H groups in total. The van der Waals surface area contributed by atoms with Crippen LogP contribution in [0.2, 0.25) is 0 Å². The van der Waals surface area contributed by atoms with Crippen LogP contribution >= 0.6 is 0 Å². The minimum atomic E-state index is 0.264. The lowest BCUT2D eigenvalue weighted by molar-refractivity contribution is 0.133. The molecule has 0 bridgehead atoms. The van der Waals surface area contributed by atoms with Crippen LogP contribution in [0.3, 0.4) is 0 Å². The fraction of sp³-hybridized carbons (Fsp3) is 0.583. The zero-order chi connectivity index (χ0) is 10.3. The van der Waals surface area contributed by atoms with Gasteiger partial charge in [-0.2, -0.15) is 5.10 Å². The van der Waals surface area contributed by atoms with E-state index in [1.807, 2.05) is 0 Å². The van der Waals surface area contributed by atoms with E-state index in [0.717, 1.165) is 0 Å². The molecule has 0 amide bonds. The Hall–Kier alpha value is -1.05. The Kier molecular flexibility index (Phi) is 2.02. The molecule has 14 heavy (non-hydrogen) atoms. The zero-order valence-electron chi connectivity index (χ0n) is 9.36. The summed E-state index contributed by atoms with van der Waals surface area (Å²) in [5.74, 6) is 0.477. The molecule has 76 valence electrons. The Balaban J connectivity index is 2.32. The van der Waals surface area contributed by atoms with Gasteiger partial charge in [0.25, 0.3) is 0 Å². The van der Waals surface area contributed by atoms with Crippen LogP contribution in [-0.4, -0.2) is 23.8 Å². The van der Waals surface area contributed by atoms with Crippen LogP contribution in [0, 0.1) is 11.3 Å². The van der Waals surface area contributed by atoms with E-state index in [-0.39, 0.29) is 5.41 Å². The Morgan fingerprint density at radius 1 is 1.29 bits per heavy atom. The van der Waals surface area contributed by atoms with Gasteiger partial charge in [-0.25, -0.2) is 0 Å². The smallest absolute Gasteiger partial charge is 0.0695 e. The summed E-state index contributed by atoms with van der Waals surface area (Å²) in [6, 6.07) is 0.485. The van der Waals surface area contributed by atoms with Gasteiger partial charge < -0.3 is 0 Å². The van der Waals surface area contributed by atoms with Crippen LogP contribution in [0.5, 0.6) is 0 Å². The van der Waals surface area contributed by atoms with E-state index < -0.39 is 0 Å². The fourth-order valence-electron chi connectivity index (χ4n) is 2.49. The molecule has 2 unspecified atom stereocenters. The third kappa shape index (κ3) is 1.39. The summed E-state index contributed by atoms with van der Waals surface area (Å²) in [7, 11) is 2.07. The molecule has 1 heterocycles. The zero-order valence-corrected chi connectivity index (χ0v) is 9.36. The van der Waals surface area contributed by atoms with Crippen molar-refractivity contribution in [2.45, 2.75) is 26.8 Å². The molecule has 1 aliphatic heterocycles.